The first-order valence-electron chi connectivity index (χ1n) is 4.65. The van der Waals surface area contributed by atoms with Crippen LogP contribution in [-0.4, -0.2) is 41.0 Å². The molecule has 0 N–H and O–H groups in total. The highest BCUT2D eigenvalue weighted by molar-refractivity contribution is 5.77. The summed E-state index contributed by atoms with van der Waals surface area (Å²) in [5.41, 5.74) is 0. The number of hydrogen-bond acceptors (Lipinski definition) is 1. The van der Waals surface area contributed by atoms with Crippen molar-refractivity contribution in [3.05, 3.63) is 0 Å². The number of nitrogens with zero attached hydrogens (tertiary/aromatic N) is 2. The van der Waals surface area contributed by atoms with Crippen LogP contribution in [0.25, 0.3) is 0 Å². The van der Waals surface area contributed by atoms with Gasteiger partial charge in [0.15, 0.2) is 0 Å². The van der Waals surface area contributed by atoms with Gasteiger partial charge in [-0.05, 0) is 27.7 Å². The molecule has 1 atom stereocenters. The van der Waals surface area contributed by atoms with Gasteiger partial charge in [0.25, 0.3) is 0 Å². The van der Waals surface area contributed by atoms with Crippen molar-refractivity contribution in [2.75, 3.05) is 13.1 Å². The number of rotatable bonds is 2. The third-order valence-corrected chi connectivity index (χ3v) is 2.39. The van der Waals surface area contributed by atoms with E-state index >= 15 is 0 Å². The number of likely N-dealkylation sites (N-methyl/N-ethyl adjacent to an activating group) is 1. The summed E-state index contributed by atoms with van der Waals surface area (Å²) in [6.07, 6.45) is 0. The van der Waals surface area contributed by atoms with E-state index in [9.17, 15) is 4.79 Å². The molecule has 0 spiro atoms. The molecule has 0 radical (unpaired) electrons. The van der Waals surface area contributed by atoms with Crippen LogP contribution in [0.1, 0.15) is 27.7 Å². The molecule has 1 heterocycles. The van der Waals surface area contributed by atoms with Gasteiger partial charge in [-0.3, -0.25) is 0 Å². The third kappa shape index (κ3) is 1.40. The third-order valence-electron chi connectivity index (χ3n) is 2.39. The van der Waals surface area contributed by atoms with E-state index in [1.165, 1.54) is 0 Å². The Labute approximate surface area is 74.3 Å². The van der Waals surface area contributed by atoms with Gasteiger partial charge in [-0.15, -0.1) is 0 Å². The molecule has 2 amide bonds. The Morgan fingerprint density at radius 1 is 1.58 bits per heavy atom. The number of hydrogen-bond donors (Lipinski definition) is 0. The molecule has 3 heteroatoms. The van der Waals surface area contributed by atoms with Crippen LogP contribution < -0.4 is 0 Å². The lowest BCUT2D eigenvalue weighted by molar-refractivity contribution is 0.176. The minimum absolute atomic E-state index is 0.194. The first-order valence-corrected chi connectivity index (χ1v) is 4.65. The van der Waals surface area contributed by atoms with Crippen molar-refractivity contribution >= 4 is 6.03 Å². The van der Waals surface area contributed by atoms with Crippen molar-refractivity contribution in [2.45, 2.75) is 39.8 Å². The maximum atomic E-state index is 11.6. The molecule has 1 fully saturated rings. The van der Waals surface area contributed by atoms with E-state index in [1.54, 1.807) is 0 Å². The number of amides is 2. The lowest BCUT2D eigenvalue weighted by atomic mass is 10.2. The monoisotopic (exact) mass is 170 g/mol. The van der Waals surface area contributed by atoms with Crippen molar-refractivity contribution in [1.82, 2.24) is 9.80 Å². The molecule has 0 saturated carbocycles. The van der Waals surface area contributed by atoms with Gasteiger partial charge < -0.3 is 9.80 Å². The van der Waals surface area contributed by atoms with Crippen molar-refractivity contribution in [3.63, 3.8) is 0 Å². The summed E-state index contributed by atoms with van der Waals surface area (Å²) in [5.74, 6) is 0. The molecular formula is C9H18N2O. The first kappa shape index (κ1) is 9.36. The van der Waals surface area contributed by atoms with Crippen LogP contribution in [0.4, 0.5) is 4.79 Å². The fourth-order valence-electron chi connectivity index (χ4n) is 1.83. The van der Waals surface area contributed by atoms with Gasteiger partial charge in [0.1, 0.15) is 0 Å². The van der Waals surface area contributed by atoms with E-state index < -0.39 is 0 Å². The summed E-state index contributed by atoms with van der Waals surface area (Å²) in [6, 6.07) is 0.890. The predicted molar refractivity (Wildman–Crippen MR) is 49.1 cm³/mol. The molecule has 1 saturated heterocycles. The zero-order valence-corrected chi connectivity index (χ0v) is 8.37. The van der Waals surface area contributed by atoms with Crippen LogP contribution in [-0.2, 0) is 0 Å². The number of carbonyl (C=O) groups is 1. The Morgan fingerprint density at radius 3 is 2.42 bits per heavy atom. The van der Waals surface area contributed by atoms with Gasteiger partial charge in [0, 0.05) is 25.2 Å². The fourth-order valence-corrected chi connectivity index (χ4v) is 1.83. The van der Waals surface area contributed by atoms with E-state index in [4.69, 9.17) is 0 Å². The fraction of sp³-hybridized carbons (Fsp3) is 0.889. The predicted octanol–water partition coefficient (Wildman–Crippen LogP) is 1.54. The molecule has 1 rings (SSSR count). The maximum absolute atomic E-state index is 11.6. The highest BCUT2D eigenvalue weighted by Gasteiger charge is 2.34. The SMILES string of the molecule is CCN1C[C@H](C)N(C(C)C)C1=O. The van der Waals surface area contributed by atoms with Crippen molar-refractivity contribution in [3.8, 4) is 0 Å². The Hall–Kier alpha value is -0.730. The van der Waals surface area contributed by atoms with Crippen LogP contribution in [0.3, 0.4) is 0 Å². The standard InChI is InChI=1S/C9H18N2O/c1-5-10-6-8(4)11(7(2)3)9(10)12/h7-8H,5-6H2,1-4H3/t8-/m0/s1. The molecule has 0 aromatic heterocycles. The van der Waals surface area contributed by atoms with Crippen LogP contribution in [0.2, 0.25) is 0 Å². The molecule has 1 aliphatic heterocycles. The van der Waals surface area contributed by atoms with Gasteiger partial charge in [-0.25, -0.2) is 4.79 Å². The maximum Gasteiger partial charge on any atom is 0.320 e. The Balaban J connectivity index is 2.70. The Kier molecular flexibility index (Phi) is 2.60. The lowest BCUT2D eigenvalue weighted by Crippen LogP contribution is -2.39. The molecule has 3 nitrogen and oxygen atoms in total. The minimum atomic E-state index is 0.194. The molecule has 0 aliphatic carbocycles. The summed E-state index contributed by atoms with van der Waals surface area (Å²) in [7, 11) is 0. The van der Waals surface area contributed by atoms with Gasteiger partial charge >= 0.3 is 6.03 Å². The van der Waals surface area contributed by atoms with E-state index in [0.717, 1.165) is 13.1 Å². The van der Waals surface area contributed by atoms with Crippen LogP contribution in [0, 0.1) is 0 Å². The van der Waals surface area contributed by atoms with Crippen LogP contribution in [0.15, 0.2) is 0 Å². The largest absolute Gasteiger partial charge is 0.323 e. The van der Waals surface area contributed by atoms with E-state index in [2.05, 4.69) is 20.8 Å². The van der Waals surface area contributed by atoms with Crippen LogP contribution in [0.5, 0.6) is 0 Å². The van der Waals surface area contributed by atoms with Crippen molar-refractivity contribution in [2.24, 2.45) is 0 Å². The van der Waals surface area contributed by atoms with E-state index in [-0.39, 0.29) is 6.03 Å². The van der Waals surface area contributed by atoms with Crippen molar-refractivity contribution < 1.29 is 4.79 Å². The summed E-state index contributed by atoms with van der Waals surface area (Å²) < 4.78 is 0. The zero-order valence-electron chi connectivity index (χ0n) is 8.37. The Bertz CT molecular complexity index is 179. The molecule has 12 heavy (non-hydrogen) atoms. The summed E-state index contributed by atoms with van der Waals surface area (Å²) in [4.78, 5) is 15.5. The zero-order chi connectivity index (χ0) is 9.30. The highest BCUT2D eigenvalue weighted by atomic mass is 16.2. The second-order valence-electron chi connectivity index (χ2n) is 3.67. The van der Waals surface area contributed by atoms with Gasteiger partial charge in [-0.1, -0.05) is 0 Å². The number of urea groups is 1. The van der Waals surface area contributed by atoms with Gasteiger partial charge in [0.05, 0.1) is 0 Å². The second kappa shape index (κ2) is 3.33. The molecule has 0 aromatic carbocycles. The average Bonchev–Trinajstić information content (AvgIpc) is 2.25. The Morgan fingerprint density at radius 2 is 2.17 bits per heavy atom. The van der Waals surface area contributed by atoms with E-state index in [0.29, 0.717) is 12.1 Å². The average molecular weight is 170 g/mol. The highest BCUT2D eigenvalue weighted by Crippen LogP contribution is 2.17. The van der Waals surface area contributed by atoms with Gasteiger partial charge in [0.2, 0.25) is 0 Å². The molecular weight excluding hydrogens is 152 g/mol. The van der Waals surface area contributed by atoms with Crippen molar-refractivity contribution in [1.29, 1.82) is 0 Å². The second-order valence-corrected chi connectivity index (χ2v) is 3.67. The van der Waals surface area contributed by atoms with Crippen LogP contribution >= 0.6 is 0 Å². The number of carbonyl (C=O) groups excluding carboxylic acids is 1. The lowest BCUT2D eigenvalue weighted by Gasteiger charge is -2.24. The quantitative estimate of drug-likeness (QED) is 0.616. The molecule has 0 unspecified atom stereocenters. The van der Waals surface area contributed by atoms with Gasteiger partial charge in [-0.2, -0.15) is 0 Å². The molecule has 0 bridgehead atoms. The summed E-state index contributed by atoms with van der Waals surface area (Å²) >= 11 is 0. The van der Waals surface area contributed by atoms with E-state index in [1.807, 2.05) is 16.7 Å². The molecule has 70 valence electrons. The topological polar surface area (TPSA) is 23.6 Å². The smallest absolute Gasteiger partial charge is 0.320 e. The minimum Gasteiger partial charge on any atom is -0.323 e. The molecule has 1 aliphatic rings. The molecule has 0 aromatic rings. The first-order chi connectivity index (χ1) is 5.57. The summed E-state index contributed by atoms with van der Waals surface area (Å²) in [6.45, 7) is 9.96. The normalized spacial score (nSPS) is 24.4. The summed E-state index contributed by atoms with van der Waals surface area (Å²) in [5, 5.41) is 0.